The van der Waals surface area contributed by atoms with E-state index in [1.165, 1.54) is 25.7 Å². The van der Waals surface area contributed by atoms with Gasteiger partial charge in [0.1, 0.15) is 0 Å². The molecule has 1 aliphatic carbocycles. The molecule has 4 heteroatoms. The third kappa shape index (κ3) is 4.84. The average Bonchev–Trinajstić information content (AvgIpc) is 2.42. The number of nitrogens with zero attached hydrogens (tertiary/aromatic N) is 1. The summed E-state index contributed by atoms with van der Waals surface area (Å²) in [5.41, 5.74) is 0. The van der Waals surface area contributed by atoms with Gasteiger partial charge in [-0.15, -0.1) is 0 Å². The van der Waals surface area contributed by atoms with Crippen LogP contribution in [0.1, 0.15) is 32.6 Å². The second-order valence-electron chi connectivity index (χ2n) is 5.36. The van der Waals surface area contributed by atoms with E-state index in [4.69, 9.17) is 9.47 Å². The fourth-order valence-electron chi connectivity index (χ4n) is 2.90. The van der Waals surface area contributed by atoms with E-state index in [0.29, 0.717) is 6.10 Å². The van der Waals surface area contributed by atoms with E-state index in [0.717, 1.165) is 52.0 Å². The number of hydrogen-bond acceptors (Lipinski definition) is 4. The minimum Gasteiger partial charge on any atom is -0.379 e. The van der Waals surface area contributed by atoms with Crippen LogP contribution in [0.25, 0.3) is 0 Å². The zero-order valence-electron chi connectivity index (χ0n) is 11.7. The summed E-state index contributed by atoms with van der Waals surface area (Å²) in [6, 6.07) is 0.731. The van der Waals surface area contributed by atoms with Gasteiger partial charge in [-0.05, 0) is 32.2 Å². The molecule has 2 aliphatic rings. The van der Waals surface area contributed by atoms with Crippen LogP contribution >= 0.6 is 0 Å². The molecule has 0 amide bonds. The minimum absolute atomic E-state index is 0.501. The van der Waals surface area contributed by atoms with Crippen molar-refractivity contribution >= 4 is 0 Å². The molecule has 2 rings (SSSR count). The molecule has 4 nitrogen and oxygen atoms in total. The maximum absolute atomic E-state index is 6.00. The van der Waals surface area contributed by atoms with Crippen molar-refractivity contribution in [3.05, 3.63) is 0 Å². The molecule has 1 N–H and O–H groups in total. The predicted octanol–water partition coefficient (Wildman–Crippen LogP) is 1.26. The topological polar surface area (TPSA) is 33.7 Å². The third-order valence-electron chi connectivity index (χ3n) is 4.03. The van der Waals surface area contributed by atoms with Gasteiger partial charge in [-0.25, -0.2) is 0 Å². The molecule has 0 radical (unpaired) electrons. The summed E-state index contributed by atoms with van der Waals surface area (Å²) in [5.74, 6) is 0. The summed E-state index contributed by atoms with van der Waals surface area (Å²) in [6.45, 7) is 9.12. The van der Waals surface area contributed by atoms with Gasteiger partial charge in [-0.2, -0.15) is 0 Å². The molecule has 1 saturated heterocycles. The van der Waals surface area contributed by atoms with Crippen LogP contribution in [0.2, 0.25) is 0 Å². The van der Waals surface area contributed by atoms with Crippen LogP contribution in [0.5, 0.6) is 0 Å². The standard InChI is InChI=1S/C14H28N2O2/c1-2-15-13-3-5-14(6-4-13)18-12-9-16-7-10-17-11-8-16/h13-15H,2-12H2,1H3/t13-,14-. The van der Waals surface area contributed by atoms with Crippen LogP contribution in [0, 0.1) is 0 Å². The van der Waals surface area contributed by atoms with Gasteiger partial charge in [0.25, 0.3) is 0 Å². The quantitative estimate of drug-likeness (QED) is 0.775. The SMILES string of the molecule is CCN[C@H]1CC[C@H](OCCN2CCOCC2)CC1. The van der Waals surface area contributed by atoms with Crippen molar-refractivity contribution in [2.45, 2.75) is 44.8 Å². The molecule has 2 fully saturated rings. The van der Waals surface area contributed by atoms with Crippen molar-refractivity contribution in [3.63, 3.8) is 0 Å². The summed E-state index contributed by atoms with van der Waals surface area (Å²) >= 11 is 0. The van der Waals surface area contributed by atoms with Crippen LogP contribution in [0.4, 0.5) is 0 Å². The number of ether oxygens (including phenoxy) is 2. The molecule has 0 unspecified atom stereocenters. The van der Waals surface area contributed by atoms with Gasteiger partial charge >= 0.3 is 0 Å². The summed E-state index contributed by atoms with van der Waals surface area (Å²) in [6.07, 6.45) is 5.49. The lowest BCUT2D eigenvalue weighted by Gasteiger charge is -2.30. The van der Waals surface area contributed by atoms with E-state index in [1.54, 1.807) is 0 Å². The van der Waals surface area contributed by atoms with Crippen LogP contribution in [0.3, 0.4) is 0 Å². The number of morpholine rings is 1. The summed E-state index contributed by atoms with van der Waals surface area (Å²) in [4.78, 5) is 2.44. The van der Waals surface area contributed by atoms with Crippen molar-refractivity contribution in [1.82, 2.24) is 10.2 Å². The highest BCUT2D eigenvalue weighted by Crippen LogP contribution is 2.21. The molecule has 0 bridgehead atoms. The van der Waals surface area contributed by atoms with Crippen LogP contribution < -0.4 is 5.32 Å². The zero-order chi connectivity index (χ0) is 12.6. The zero-order valence-corrected chi connectivity index (χ0v) is 11.7. The molecule has 0 spiro atoms. The Labute approximate surface area is 111 Å². The van der Waals surface area contributed by atoms with Crippen LogP contribution in [0.15, 0.2) is 0 Å². The number of nitrogens with one attached hydrogen (secondary N) is 1. The molecule has 0 aromatic heterocycles. The van der Waals surface area contributed by atoms with E-state index >= 15 is 0 Å². The van der Waals surface area contributed by atoms with Crippen LogP contribution in [-0.2, 0) is 9.47 Å². The molecule has 0 aromatic carbocycles. The second-order valence-corrected chi connectivity index (χ2v) is 5.36. The van der Waals surface area contributed by atoms with Crippen molar-refractivity contribution in [2.75, 3.05) is 46.0 Å². The fourth-order valence-corrected chi connectivity index (χ4v) is 2.90. The third-order valence-corrected chi connectivity index (χ3v) is 4.03. The van der Waals surface area contributed by atoms with E-state index in [2.05, 4.69) is 17.1 Å². The molecule has 1 saturated carbocycles. The van der Waals surface area contributed by atoms with Gasteiger partial charge in [0.2, 0.25) is 0 Å². The molecule has 106 valence electrons. The van der Waals surface area contributed by atoms with Crippen LogP contribution in [-0.4, -0.2) is 63.0 Å². The maximum Gasteiger partial charge on any atom is 0.0597 e. The minimum atomic E-state index is 0.501. The van der Waals surface area contributed by atoms with Gasteiger partial charge < -0.3 is 14.8 Å². The van der Waals surface area contributed by atoms with Gasteiger partial charge in [-0.3, -0.25) is 4.90 Å². The van der Waals surface area contributed by atoms with E-state index < -0.39 is 0 Å². The van der Waals surface area contributed by atoms with E-state index in [1.807, 2.05) is 0 Å². The number of rotatable bonds is 6. The molecular weight excluding hydrogens is 228 g/mol. The lowest BCUT2D eigenvalue weighted by Crippen LogP contribution is -2.39. The Morgan fingerprint density at radius 3 is 2.56 bits per heavy atom. The summed E-state index contributed by atoms with van der Waals surface area (Å²) < 4.78 is 11.3. The van der Waals surface area contributed by atoms with Crippen molar-refractivity contribution in [2.24, 2.45) is 0 Å². The molecule has 0 atom stereocenters. The fraction of sp³-hybridized carbons (Fsp3) is 1.00. The van der Waals surface area contributed by atoms with Crippen molar-refractivity contribution < 1.29 is 9.47 Å². The average molecular weight is 256 g/mol. The highest BCUT2D eigenvalue weighted by atomic mass is 16.5. The molecule has 18 heavy (non-hydrogen) atoms. The Balaban J connectivity index is 1.52. The normalized spacial score (nSPS) is 30.5. The molecule has 1 aliphatic heterocycles. The van der Waals surface area contributed by atoms with Crippen molar-refractivity contribution in [1.29, 1.82) is 0 Å². The largest absolute Gasteiger partial charge is 0.379 e. The Bertz CT molecular complexity index is 212. The Morgan fingerprint density at radius 1 is 1.17 bits per heavy atom. The Kier molecular flexibility index (Phi) is 6.41. The Hall–Kier alpha value is -0.160. The molecule has 0 aromatic rings. The number of hydrogen-bond donors (Lipinski definition) is 1. The first-order valence-electron chi connectivity index (χ1n) is 7.53. The van der Waals surface area contributed by atoms with E-state index in [9.17, 15) is 0 Å². The Morgan fingerprint density at radius 2 is 1.89 bits per heavy atom. The van der Waals surface area contributed by atoms with E-state index in [-0.39, 0.29) is 0 Å². The lowest BCUT2D eigenvalue weighted by atomic mass is 9.93. The van der Waals surface area contributed by atoms with Gasteiger partial charge in [0.05, 0.1) is 25.9 Å². The predicted molar refractivity (Wildman–Crippen MR) is 72.9 cm³/mol. The van der Waals surface area contributed by atoms with Gasteiger partial charge in [0, 0.05) is 25.7 Å². The maximum atomic E-state index is 6.00. The summed E-state index contributed by atoms with van der Waals surface area (Å²) in [5, 5.41) is 3.54. The highest BCUT2D eigenvalue weighted by molar-refractivity contribution is 4.77. The highest BCUT2D eigenvalue weighted by Gasteiger charge is 2.21. The smallest absolute Gasteiger partial charge is 0.0597 e. The van der Waals surface area contributed by atoms with Gasteiger partial charge in [0.15, 0.2) is 0 Å². The second kappa shape index (κ2) is 8.10. The van der Waals surface area contributed by atoms with Crippen molar-refractivity contribution in [3.8, 4) is 0 Å². The summed E-state index contributed by atoms with van der Waals surface area (Å²) in [7, 11) is 0. The first kappa shape index (κ1) is 14.3. The molecular formula is C14H28N2O2. The monoisotopic (exact) mass is 256 g/mol. The first-order valence-corrected chi connectivity index (χ1v) is 7.53. The lowest BCUT2D eigenvalue weighted by molar-refractivity contribution is -0.0109. The molecule has 1 heterocycles. The first-order chi connectivity index (χ1) is 8.88. The van der Waals surface area contributed by atoms with Gasteiger partial charge in [-0.1, -0.05) is 6.92 Å².